The van der Waals surface area contributed by atoms with Crippen LogP contribution in [0.4, 0.5) is 10.1 Å². The number of aliphatic hydroxyl groups is 2. The number of rotatable bonds is 13. The number of carbonyl (C=O) groups is 2. The summed E-state index contributed by atoms with van der Waals surface area (Å²) in [5.41, 5.74) is 3.32. The van der Waals surface area contributed by atoms with E-state index in [9.17, 15) is 29.3 Å². The molecule has 4 atom stereocenters. The molecule has 1 aliphatic carbocycles. The molecule has 3 N–H and O–H groups in total. The lowest BCUT2D eigenvalue weighted by Gasteiger charge is -2.44. The second-order valence-electron chi connectivity index (χ2n) is 15.4. The van der Waals surface area contributed by atoms with Crippen LogP contribution in [0.25, 0.3) is 6.08 Å². The summed E-state index contributed by atoms with van der Waals surface area (Å²) in [7, 11) is -3.05. The first kappa shape index (κ1) is 39.0. The van der Waals surface area contributed by atoms with Gasteiger partial charge in [0.05, 0.1) is 36.8 Å². The number of fused-ring (bicyclic) bond motifs is 1. The van der Waals surface area contributed by atoms with E-state index in [0.717, 1.165) is 21.5 Å². The van der Waals surface area contributed by atoms with Crippen LogP contribution in [0, 0.1) is 23.6 Å². The highest BCUT2D eigenvalue weighted by atomic mass is 28.4. The number of aromatic hydroxyl groups is 1. The van der Waals surface area contributed by atoms with Crippen molar-refractivity contribution in [2.75, 3.05) is 18.1 Å². The molecule has 6 rings (SSSR count). The average molecular weight is 748 g/mol. The summed E-state index contributed by atoms with van der Waals surface area (Å²) >= 11 is 0. The number of hydrogen-bond donors (Lipinski definition) is 3. The Kier molecular flexibility index (Phi) is 11.8. The fourth-order valence-electron chi connectivity index (χ4n) is 8.56. The molecule has 0 aromatic heterocycles. The summed E-state index contributed by atoms with van der Waals surface area (Å²) in [5, 5.41) is 34.8. The van der Waals surface area contributed by atoms with Gasteiger partial charge in [0.25, 0.3) is 8.32 Å². The zero-order valence-corrected chi connectivity index (χ0v) is 32.4. The first-order valence-electron chi connectivity index (χ1n) is 18.8. The Morgan fingerprint density at radius 2 is 1.52 bits per heavy atom. The number of aliphatic hydroxyl groups excluding tert-OH is 2. The van der Waals surface area contributed by atoms with E-state index in [1.807, 2.05) is 55.5 Å². The molecular formula is C45H50FNO6Si. The minimum Gasteiger partial charge on any atom is -0.505 e. The second kappa shape index (κ2) is 16.4. The van der Waals surface area contributed by atoms with Gasteiger partial charge < -0.3 is 19.7 Å². The first-order valence-corrected chi connectivity index (χ1v) is 20.7. The molecule has 4 aromatic carbocycles. The number of halogens is 1. The van der Waals surface area contributed by atoms with Crippen LogP contribution in [0.15, 0.2) is 126 Å². The highest BCUT2D eigenvalue weighted by molar-refractivity contribution is 6.99. The number of amides is 2. The monoisotopic (exact) mass is 747 g/mol. The zero-order chi connectivity index (χ0) is 38.6. The maximum absolute atomic E-state index is 14.2. The maximum atomic E-state index is 14.2. The molecular weight excluding hydrogens is 698 g/mol. The molecule has 2 amide bonds. The lowest BCUT2D eigenvalue weighted by molar-refractivity contribution is -0.123. The van der Waals surface area contributed by atoms with Crippen LogP contribution in [-0.2, 0) is 14.0 Å². The van der Waals surface area contributed by atoms with Gasteiger partial charge in [-0.05, 0) is 82.1 Å². The van der Waals surface area contributed by atoms with E-state index in [1.54, 1.807) is 30.3 Å². The Balaban J connectivity index is 1.42. The number of phenols is 1. The zero-order valence-electron chi connectivity index (χ0n) is 31.4. The fourth-order valence-corrected chi connectivity index (χ4v) is 13.1. The summed E-state index contributed by atoms with van der Waals surface area (Å²) < 4.78 is 21.5. The van der Waals surface area contributed by atoms with Crippen molar-refractivity contribution < 1.29 is 33.7 Å². The van der Waals surface area contributed by atoms with Crippen molar-refractivity contribution in [3.05, 3.63) is 137 Å². The molecule has 4 aromatic rings. The third kappa shape index (κ3) is 7.51. The van der Waals surface area contributed by atoms with Gasteiger partial charge in [-0.15, -0.1) is 0 Å². The predicted octanol–water partition coefficient (Wildman–Crippen LogP) is 7.16. The van der Waals surface area contributed by atoms with E-state index in [-0.39, 0.29) is 36.3 Å². The topological polar surface area (TPSA) is 107 Å². The molecule has 1 aliphatic heterocycles. The number of carbonyl (C=O) groups excluding carboxylic acids is 2. The number of phenolic OH excluding ortho intramolecular Hbond substituents is 1. The van der Waals surface area contributed by atoms with Crippen molar-refractivity contribution in [2.24, 2.45) is 17.8 Å². The number of para-hydroxylation sites is 1. The molecule has 0 unspecified atom stereocenters. The Morgan fingerprint density at radius 3 is 2.06 bits per heavy atom. The predicted molar refractivity (Wildman–Crippen MR) is 213 cm³/mol. The van der Waals surface area contributed by atoms with Crippen molar-refractivity contribution in [3.8, 4) is 5.75 Å². The molecule has 0 radical (unpaired) electrons. The number of nitrogens with zero attached hydrogens (tertiary/aromatic N) is 1. The molecule has 282 valence electrons. The molecule has 1 heterocycles. The number of imide groups is 1. The second-order valence-corrected chi connectivity index (χ2v) is 19.7. The highest BCUT2D eigenvalue weighted by Crippen LogP contribution is 2.48. The Bertz CT molecular complexity index is 1970. The SMILES string of the molecule is CC/C(=C\c1ccc(O)c(F)c1)CC[C@@H](O)C1=C(CO[Si](c2ccccc2)(c2ccccc2)C(C)(C)C)C[C@H]2C(=O)N(c3ccccc3)C(=O)[C@H]2[C@H]1CO. The molecule has 0 saturated carbocycles. The fraction of sp³-hybridized carbons (Fsp3) is 0.333. The Labute approximate surface area is 318 Å². The van der Waals surface area contributed by atoms with Gasteiger partial charge in [0.1, 0.15) is 0 Å². The van der Waals surface area contributed by atoms with Crippen LogP contribution in [0.3, 0.4) is 0 Å². The summed E-state index contributed by atoms with van der Waals surface area (Å²) in [4.78, 5) is 29.6. The van der Waals surface area contributed by atoms with E-state index in [2.05, 4.69) is 45.0 Å². The van der Waals surface area contributed by atoms with Gasteiger partial charge >= 0.3 is 0 Å². The van der Waals surface area contributed by atoms with Crippen LogP contribution < -0.4 is 15.3 Å². The van der Waals surface area contributed by atoms with Gasteiger partial charge in [-0.3, -0.25) is 14.5 Å². The summed E-state index contributed by atoms with van der Waals surface area (Å²) in [5.74, 6) is -4.19. The third-order valence-corrected chi connectivity index (χ3v) is 16.2. The van der Waals surface area contributed by atoms with Crippen molar-refractivity contribution in [1.29, 1.82) is 0 Å². The van der Waals surface area contributed by atoms with Gasteiger partial charge in [0.15, 0.2) is 11.6 Å². The van der Waals surface area contributed by atoms with Crippen molar-refractivity contribution >= 4 is 42.3 Å². The van der Waals surface area contributed by atoms with Gasteiger partial charge in [-0.2, -0.15) is 0 Å². The molecule has 0 bridgehead atoms. The van der Waals surface area contributed by atoms with Crippen molar-refractivity contribution in [2.45, 2.75) is 64.5 Å². The average Bonchev–Trinajstić information content (AvgIpc) is 3.43. The third-order valence-electron chi connectivity index (χ3n) is 11.2. The van der Waals surface area contributed by atoms with Crippen molar-refractivity contribution in [3.63, 3.8) is 0 Å². The number of allylic oxidation sites excluding steroid dienone is 1. The smallest absolute Gasteiger partial charge is 0.261 e. The summed E-state index contributed by atoms with van der Waals surface area (Å²) in [6.45, 7) is 8.22. The normalized spacial score (nSPS) is 20.0. The van der Waals surface area contributed by atoms with Crippen LogP contribution in [0.1, 0.15) is 58.9 Å². The van der Waals surface area contributed by atoms with E-state index in [0.29, 0.717) is 29.7 Å². The van der Waals surface area contributed by atoms with Gasteiger partial charge in [0, 0.05) is 5.92 Å². The number of hydrogen-bond acceptors (Lipinski definition) is 6. The lowest BCUT2D eigenvalue weighted by atomic mass is 9.68. The van der Waals surface area contributed by atoms with Crippen molar-refractivity contribution in [1.82, 2.24) is 0 Å². The van der Waals surface area contributed by atoms with E-state index >= 15 is 0 Å². The van der Waals surface area contributed by atoms with Gasteiger partial charge in [-0.25, -0.2) is 4.39 Å². The highest BCUT2D eigenvalue weighted by Gasteiger charge is 2.56. The quantitative estimate of drug-likeness (QED) is 0.0762. The van der Waals surface area contributed by atoms with E-state index in [1.165, 1.54) is 17.0 Å². The molecule has 1 fully saturated rings. The Morgan fingerprint density at radius 1 is 0.926 bits per heavy atom. The first-order chi connectivity index (χ1) is 25.9. The largest absolute Gasteiger partial charge is 0.505 e. The standard InChI is InChI=1S/C45H50FNO6Si/c1-5-30(25-31-22-23-39(49)38(46)26-31)21-24-40(50)41-32(27-36-42(37(41)28-48)44(52)47(43(36)51)33-15-9-6-10-16-33)29-53-54(45(2,3)4,34-17-11-7-12-18-34)35-19-13-8-14-20-35/h6-20,22-23,25-26,36-37,40,42,48-50H,5,21,24,27-29H2,1-4H3/b30-25+/t36-,37+,40-,42-/m1/s1. The molecule has 9 heteroatoms. The molecule has 0 spiro atoms. The van der Waals surface area contributed by atoms with Crippen LogP contribution >= 0.6 is 0 Å². The van der Waals surface area contributed by atoms with Gasteiger partial charge in [-0.1, -0.05) is 124 Å². The Hall–Kier alpha value is -4.67. The van der Waals surface area contributed by atoms with E-state index < -0.39 is 50.3 Å². The summed E-state index contributed by atoms with van der Waals surface area (Å²) in [6, 6.07) is 33.5. The minimum absolute atomic E-state index is 0.107. The molecule has 2 aliphatic rings. The van der Waals surface area contributed by atoms with Crippen LogP contribution in [0.5, 0.6) is 5.75 Å². The summed E-state index contributed by atoms with van der Waals surface area (Å²) in [6.07, 6.45) is 2.39. The lowest BCUT2D eigenvalue weighted by Crippen LogP contribution is -2.66. The van der Waals surface area contributed by atoms with Crippen LogP contribution in [-0.4, -0.2) is 54.8 Å². The molecule has 1 saturated heterocycles. The van der Waals surface area contributed by atoms with Gasteiger partial charge in [0.2, 0.25) is 11.8 Å². The number of anilines is 1. The van der Waals surface area contributed by atoms with Crippen LogP contribution in [0.2, 0.25) is 5.04 Å². The minimum atomic E-state index is -3.05. The number of benzene rings is 4. The molecule has 54 heavy (non-hydrogen) atoms. The van der Waals surface area contributed by atoms with E-state index in [4.69, 9.17) is 4.43 Å². The maximum Gasteiger partial charge on any atom is 0.261 e. The molecule has 7 nitrogen and oxygen atoms in total.